The fourth-order valence-electron chi connectivity index (χ4n) is 4.06. The topological polar surface area (TPSA) is 87.4 Å². The minimum Gasteiger partial charge on any atom is -0.359 e. The molecule has 36 heavy (non-hydrogen) atoms. The Labute approximate surface area is 213 Å². The summed E-state index contributed by atoms with van der Waals surface area (Å²) in [6, 6.07) is 6.69. The minimum absolute atomic E-state index is 0.261. The Morgan fingerprint density at radius 3 is 2.67 bits per heavy atom. The molecular weight excluding hydrogens is 489 g/mol. The molecule has 0 radical (unpaired) electrons. The number of thiazole rings is 1. The van der Waals surface area contributed by atoms with Crippen LogP contribution in [0.4, 0.5) is 18.3 Å². The number of nitrogens with one attached hydrogen (secondary N) is 2. The van der Waals surface area contributed by atoms with Crippen LogP contribution in [-0.4, -0.2) is 45.2 Å². The number of halogens is 3. The van der Waals surface area contributed by atoms with Gasteiger partial charge in [0.25, 0.3) is 0 Å². The number of allylic oxidation sites excluding steroid dienone is 2. The van der Waals surface area contributed by atoms with Crippen LogP contribution in [0.15, 0.2) is 41.3 Å². The second-order valence-electron chi connectivity index (χ2n) is 8.62. The Kier molecular flexibility index (Phi) is 10.0. The van der Waals surface area contributed by atoms with Crippen molar-refractivity contribution in [2.24, 2.45) is 4.99 Å². The molecule has 2 aromatic heterocycles. The van der Waals surface area contributed by atoms with Gasteiger partial charge in [-0.05, 0) is 43.9 Å². The van der Waals surface area contributed by atoms with Gasteiger partial charge in [0.2, 0.25) is 0 Å². The Bertz CT molecular complexity index is 1180. The van der Waals surface area contributed by atoms with Crippen molar-refractivity contribution < 1.29 is 18.4 Å². The number of aliphatic imine (C=N–C) groups is 1. The van der Waals surface area contributed by atoms with E-state index >= 15 is 0 Å². The number of imidazole rings is 1. The molecule has 0 spiro atoms. The van der Waals surface area contributed by atoms with E-state index in [1.54, 1.807) is 30.1 Å². The van der Waals surface area contributed by atoms with Gasteiger partial charge >= 0.3 is 6.18 Å². The molecule has 1 aliphatic carbocycles. The summed E-state index contributed by atoms with van der Waals surface area (Å²) in [6.07, 6.45) is 5.96. The zero-order valence-corrected chi connectivity index (χ0v) is 21.6. The number of benzene rings is 1. The maximum absolute atomic E-state index is 13.0. The average molecular weight is 523 g/mol. The fourth-order valence-corrected chi connectivity index (χ4v) is 5.06. The van der Waals surface area contributed by atoms with Crippen LogP contribution in [0.1, 0.15) is 62.4 Å². The lowest BCUT2D eigenvalue weighted by Gasteiger charge is -2.22. The van der Waals surface area contributed by atoms with Gasteiger partial charge in [-0.3, -0.25) is 0 Å². The van der Waals surface area contributed by atoms with Crippen LogP contribution in [-0.2, 0) is 6.54 Å². The molecule has 0 unspecified atom stereocenters. The Balaban J connectivity index is 0.00000115. The first kappa shape index (κ1) is 27.8. The van der Waals surface area contributed by atoms with Crippen LogP contribution >= 0.6 is 11.3 Å². The Hall–Kier alpha value is -2.76. The molecule has 0 saturated heterocycles. The zero-order valence-electron chi connectivity index (χ0n) is 20.8. The smallest absolute Gasteiger partial charge is 0.359 e. The molecule has 4 rings (SSSR count). The number of nitrogens with zero attached hydrogens (tertiary/aromatic N) is 4. The van der Waals surface area contributed by atoms with E-state index in [9.17, 15) is 13.2 Å². The summed E-state index contributed by atoms with van der Waals surface area (Å²) >= 11 is 1.66. The number of alkyl halides is 3. The largest absolute Gasteiger partial charge is 0.433 e. The summed E-state index contributed by atoms with van der Waals surface area (Å²) in [5.74, 6) is 0. The molecule has 196 valence electrons. The van der Waals surface area contributed by atoms with Gasteiger partial charge in [0.1, 0.15) is 11.4 Å². The summed E-state index contributed by atoms with van der Waals surface area (Å²) in [5.41, 5.74) is 4.10. The van der Waals surface area contributed by atoms with E-state index in [4.69, 9.17) is 10.2 Å². The number of hydroxylamine groups is 1. The molecule has 11 heteroatoms. The molecule has 3 aromatic rings. The molecule has 2 heterocycles. The Morgan fingerprint density at radius 2 is 2.00 bits per heavy atom. The first-order valence-corrected chi connectivity index (χ1v) is 12.9. The van der Waals surface area contributed by atoms with Crippen molar-refractivity contribution in [3.8, 4) is 0 Å². The molecule has 1 fully saturated rings. The average Bonchev–Trinajstić information content (AvgIpc) is 3.39. The number of aromatic nitrogens is 3. The number of hydrogen-bond donors (Lipinski definition) is 3. The van der Waals surface area contributed by atoms with E-state index in [-0.39, 0.29) is 6.42 Å². The van der Waals surface area contributed by atoms with Gasteiger partial charge in [-0.15, -0.1) is 0 Å². The summed E-state index contributed by atoms with van der Waals surface area (Å²) in [6.45, 7) is 4.06. The molecule has 0 bridgehead atoms. The number of rotatable bonds is 7. The van der Waals surface area contributed by atoms with Gasteiger partial charge < -0.3 is 15.1 Å². The Morgan fingerprint density at radius 1 is 1.28 bits per heavy atom. The highest BCUT2D eigenvalue weighted by atomic mass is 32.1. The first-order chi connectivity index (χ1) is 17.2. The summed E-state index contributed by atoms with van der Waals surface area (Å²) in [4.78, 5) is 12.6. The maximum atomic E-state index is 13.0. The lowest BCUT2D eigenvalue weighted by atomic mass is 9.96. The van der Waals surface area contributed by atoms with Crippen LogP contribution in [0.3, 0.4) is 0 Å². The number of fused-ring (bicyclic) bond motifs is 1. The van der Waals surface area contributed by atoms with Crippen LogP contribution in [0.25, 0.3) is 10.2 Å². The highest BCUT2D eigenvalue weighted by molar-refractivity contribution is 7.22. The molecule has 0 aliphatic heterocycles. The van der Waals surface area contributed by atoms with E-state index in [0.717, 1.165) is 32.7 Å². The standard InChI is InChI=1S/C24H28F3N5S.CH5NO/c1-3-7-22(24(25,26)27)28-13-20-16(2)32(15-29-20)14-17-10-11-19-21(12-17)33-23(31-19)30-18-8-5-4-6-9-18;1-2-3/h7,10-13,15,18H,3-6,8-9,14H2,1-2H3,(H,30,31);2-3H,1H3/b22-7+,28-13?;. The molecule has 1 aliphatic rings. The highest BCUT2D eigenvalue weighted by Crippen LogP contribution is 2.30. The van der Waals surface area contributed by atoms with Gasteiger partial charge in [0, 0.05) is 25.3 Å². The van der Waals surface area contributed by atoms with Crippen molar-refractivity contribution in [2.75, 3.05) is 12.4 Å². The second kappa shape index (κ2) is 13.0. The van der Waals surface area contributed by atoms with Crippen LogP contribution in [0.5, 0.6) is 0 Å². The number of anilines is 1. The minimum atomic E-state index is -4.47. The molecule has 1 aromatic carbocycles. The lowest BCUT2D eigenvalue weighted by Crippen LogP contribution is -2.21. The van der Waals surface area contributed by atoms with Crippen molar-refractivity contribution in [1.29, 1.82) is 0 Å². The van der Waals surface area contributed by atoms with E-state index in [1.807, 2.05) is 23.6 Å². The predicted molar refractivity (Wildman–Crippen MR) is 139 cm³/mol. The SMILES string of the molecule is CC/C=C(/N=Cc1ncn(Cc2ccc3nc(NC4CCCCC4)sc3c2)c1C)C(F)(F)F.CNO. The van der Waals surface area contributed by atoms with Gasteiger partial charge in [-0.1, -0.05) is 49.7 Å². The van der Waals surface area contributed by atoms with Crippen molar-refractivity contribution in [2.45, 2.75) is 71.1 Å². The lowest BCUT2D eigenvalue weighted by molar-refractivity contribution is -0.0925. The highest BCUT2D eigenvalue weighted by Gasteiger charge is 2.33. The van der Waals surface area contributed by atoms with E-state index in [1.165, 1.54) is 45.4 Å². The van der Waals surface area contributed by atoms with Crippen molar-refractivity contribution in [1.82, 2.24) is 20.0 Å². The third kappa shape index (κ3) is 7.62. The quantitative estimate of drug-likeness (QED) is 0.245. The van der Waals surface area contributed by atoms with Crippen molar-refractivity contribution in [3.63, 3.8) is 0 Å². The molecule has 3 N–H and O–H groups in total. The molecule has 7 nitrogen and oxygen atoms in total. The third-order valence-corrected chi connectivity index (χ3v) is 6.84. The van der Waals surface area contributed by atoms with E-state index < -0.39 is 11.9 Å². The van der Waals surface area contributed by atoms with Crippen LogP contribution < -0.4 is 10.8 Å². The molecule has 1 saturated carbocycles. The third-order valence-electron chi connectivity index (χ3n) is 5.89. The maximum Gasteiger partial charge on any atom is 0.433 e. The van der Waals surface area contributed by atoms with Gasteiger partial charge in [-0.2, -0.15) is 13.2 Å². The van der Waals surface area contributed by atoms with Gasteiger partial charge in [-0.25, -0.2) is 20.4 Å². The molecule has 0 amide bonds. The van der Waals surface area contributed by atoms with E-state index in [2.05, 4.69) is 21.4 Å². The first-order valence-electron chi connectivity index (χ1n) is 12.0. The van der Waals surface area contributed by atoms with Crippen LogP contribution in [0, 0.1) is 6.92 Å². The van der Waals surface area contributed by atoms with Gasteiger partial charge in [0.15, 0.2) is 5.13 Å². The van der Waals surface area contributed by atoms with Crippen molar-refractivity contribution in [3.05, 3.63) is 53.3 Å². The molecular formula is C25H33F3N6OS. The second-order valence-corrected chi connectivity index (χ2v) is 9.65. The normalized spacial score (nSPS) is 15.4. The summed E-state index contributed by atoms with van der Waals surface area (Å²) in [7, 11) is 1.43. The fraction of sp³-hybridized carbons (Fsp3) is 0.480. The van der Waals surface area contributed by atoms with E-state index in [0.29, 0.717) is 18.3 Å². The number of hydrogen-bond acceptors (Lipinski definition) is 7. The zero-order chi connectivity index (χ0) is 26.1. The molecule has 0 atom stereocenters. The predicted octanol–water partition coefficient (Wildman–Crippen LogP) is 6.46. The monoisotopic (exact) mass is 522 g/mol. The summed E-state index contributed by atoms with van der Waals surface area (Å²) in [5, 5.41) is 11.9. The van der Waals surface area contributed by atoms with Gasteiger partial charge in [0.05, 0.1) is 22.8 Å². The van der Waals surface area contributed by atoms with Crippen LogP contribution in [0.2, 0.25) is 0 Å². The summed E-state index contributed by atoms with van der Waals surface area (Å²) < 4.78 is 42.2. The van der Waals surface area contributed by atoms with Crippen molar-refractivity contribution >= 4 is 32.9 Å².